The van der Waals surface area contributed by atoms with E-state index < -0.39 is 35.8 Å². The van der Waals surface area contributed by atoms with Gasteiger partial charge in [-0.3, -0.25) is 19.3 Å². The van der Waals surface area contributed by atoms with E-state index in [4.69, 9.17) is 14.2 Å². The molecule has 5 atom stereocenters. The maximum Gasteiger partial charge on any atom is 0.409 e. The van der Waals surface area contributed by atoms with Crippen LogP contribution in [0.5, 0.6) is 0 Å². The largest absolute Gasteiger partial charge is 0.460 e. The Bertz CT molecular complexity index is 1580. The fraction of sp³-hybridized carbons (Fsp3) is 0.636. The van der Waals surface area contributed by atoms with Crippen molar-refractivity contribution in [2.24, 2.45) is 17.8 Å². The van der Waals surface area contributed by atoms with Gasteiger partial charge in [0.15, 0.2) is 0 Å². The van der Waals surface area contributed by atoms with E-state index in [9.17, 15) is 19.2 Å². The van der Waals surface area contributed by atoms with Gasteiger partial charge >= 0.3 is 12.1 Å². The van der Waals surface area contributed by atoms with Gasteiger partial charge < -0.3 is 29.3 Å². The second kappa shape index (κ2) is 19.3. The maximum atomic E-state index is 14.3. The molecular formula is C44H66N4O7. The van der Waals surface area contributed by atoms with Crippen molar-refractivity contribution in [3.63, 3.8) is 0 Å². The highest BCUT2D eigenvalue weighted by Crippen LogP contribution is 2.44. The average Bonchev–Trinajstić information content (AvgIpc) is 3.25. The number of carbonyl (C=O) groups excluding carboxylic acids is 4. The van der Waals surface area contributed by atoms with Gasteiger partial charge in [0, 0.05) is 46.3 Å². The summed E-state index contributed by atoms with van der Waals surface area (Å²) in [5.74, 6) is -1.12. The van der Waals surface area contributed by atoms with Crippen LogP contribution in [-0.4, -0.2) is 115 Å². The number of benzene rings is 2. The first kappa shape index (κ1) is 43.8. The summed E-state index contributed by atoms with van der Waals surface area (Å²) < 4.78 is 17.4. The molecule has 2 aromatic carbocycles. The van der Waals surface area contributed by atoms with E-state index in [0.29, 0.717) is 32.6 Å². The quantitative estimate of drug-likeness (QED) is 0.199. The number of esters is 1. The van der Waals surface area contributed by atoms with E-state index in [0.717, 1.165) is 6.42 Å². The Morgan fingerprint density at radius 3 is 2.00 bits per heavy atom. The second-order valence-electron chi connectivity index (χ2n) is 17.0. The van der Waals surface area contributed by atoms with E-state index in [2.05, 4.69) is 34.5 Å². The van der Waals surface area contributed by atoms with E-state index >= 15 is 0 Å². The van der Waals surface area contributed by atoms with Crippen molar-refractivity contribution in [1.82, 2.24) is 20.0 Å². The number of fused-ring (bicyclic) bond motifs is 3. The van der Waals surface area contributed by atoms with Crippen molar-refractivity contribution in [2.45, 2.75) is 117 Å². The zero-order chi connectivity index (χ0) is 40.6. The Hall–Kier alpha value is -3.96. The number of amides is 3. The molecule has 1 heterocycles. The van der Waals surface area contributed by atoms with Crippen LogP contribution < -0.4 is 5.32 Å². The van der Waals surface area contributed by atoms with Crippen LogP contribution in [-0.2, 0) is 28.6 Å². The fourth-order valence-electron chi connectivity index (χ4n) is 8.22. The Labute approximate surface area is 329 Å². The SMILES string of the molecule is CC[C@H](C)[C@@H](C(CC(=O)OC(C)(C)C)OC)N(C)C(=O)[C@@H](NC(=O)[C@H](C(C)C)N1CCCN(C(=O)OCC2c3ccccc3-c3ccccc32)CC1)C(C)C. The first-order valence-corrected chi connectivity index (χ1v) is 20.1. The Kier molecular flexibility index (Phi) is 15.3. The third-order valence-corrected chi connectivity index (χ3v) is 11.1. The number of nitrogens with one attached hydrogen (secondary N) is 1. The molecule has 0 spiro atoms. The van der Waals surface area contributed by atoms with Crippen molar-refractivity contribution in [1.29, 1.82) is 0 Å². The van der Waals surface area contributed by atoms with Crippen LogP contribution in [0.4, 0.5) is 4.79 Å². The molecule has 4 rings (SSSR count). The van der Waals surface area contributed by atoms with E-state index in [1.165, 1.54) is 22.3 Å². The van der Waals surface area contributed by atoms with Crippen molar-refractivity contribution in [3.05, 3.63) is 59.7 Å². The van der Waals surface area contributed by atoms with Gasteiger partial charge in [0.25, 0.3) is 0 Å². The molecule has 0 radical (unpaired) electrons. The first-order valence-electron chi connectivity index (χ1n) is 20.1. The molecule has 1 unspecified atom stereocenters. The van der Waals surface area contributed by atoms with Gasteiger partial charge in [0.2, 0.25) is 11.8 Å². The summed E-state index contributed by atoms with van der Waals surface area (Å²) in [5.41, 5.74) is 4.06. The van der Waals surface area contributed by atoms with Gasteiger partial charge in [-0.1, -0.05) is 96.5 Å². The molecule has 3 amide bonds. The third kappa shape index (κ3) is 10.9. The monoisotopic (exact) mass is 762 g/mol. The highest BCUT2D eigenvalue weighted by Gasteiger charge is 2.40. The third-order valence-electron chi connectivity index (χ3n) is 11.1. The van der Waals surface area contributed by atoms with Gasteiger partial charge in [-0.15, -0.1) is 0 Å². The van der Waals surface area contributed by atoms with Gasteiger partial charge in [-0.25, -0.2) is 4.79 Å². The molecule has 2 aliphatic rings. The van der Waals surface area contributed by atoms with Crippen LogP contribution in [0.2, 0.25) is 0 Å². The van der Waals surface area contributed by atoms with Gasteiger partial charge in [0.1, 0.15) is 18.2 Å². The minimum absolute atomic E-state index is 0.00343. The lowest BCUT2D eigenvalue weighted by Crippen LogP contribution is -2.60. The topological polar surface area (TPSA) is 118 Å². The summed E-state index contributed by atoms with van der Waals surface area (Å²) in [6.07, 6.45) is 0.494. The first-order chi connectivity index (χ1) is 26.0. The number of hydrogen-bond donors (Lipinski definition) is 1. The number of carbonyl (C=O) groups is 4. The number of likely N-dealkylation sites (N-methyl/N-ethyl adjacent to an activating group) is 1. The molecule has 1 fully saturated rings. The Morgan fingerprint density at radius 2 is 1.47 bits per heavy atom. The van der Waals surface area contributed by atoms with Gasteiger partial charge in [0.05, 0.1) is 24.6 Å². The Morgan fingerprint density at radius 1 is 0.873 bits per heavy atom. The number of ether oxygens (including phenoxy) is 3. The molecule has 55 heavy (non-hydrogen) atoms. The summed E-state index contributed by atoms with van der Waals surface area (Å²) in [6.45, 7) is 19.7. The summed E-state index contributed by atoms with van der Waals surface area (Å²) in [4.78, 5) is 60.4. The smallest absolute Gasteiger partial charge is 0.409 e. The number of nitrogens with zero attached hydrogens (tertiary/aromatic N) is 3. The van der Waals surface area contributed by atoms with Crippen molar-refractivity contribution in [3.8, 4) is 11.1 Å². The normalized spacial score (nSPS) is 17.7. The second-order valence-corrected chi connectivity index (χ2v) is 17.0. The predicted molar refractivity (Wildman–Crippen MR) is 215 cm³/mol. The van der Waals surface area contributed by atoms with Crippen molar-refractivity contribution >= 4 is 23.9 Å². The zero-order valence-electron chi connectivity index (χ0n) is 35.1. The lowest BCUT2D eigenvalue weighted by molar-refractivity contribution is -0.161. The van der Waals surface area contributed by atoms with E-state index in [-0.39, 0.29) is 54.6 Å². The zero-order valence-corrected chi connectivity index (χ0v) is 35.1. The van der Waals surface area contributed by atoms with Crippen LogP contribution in [0.3, 0.4) is 0 Å². The molecule has 0 aromatic heterocycles. The summed E-state index contributed by atoms with van der Waals surface area (Å²) >= 11 is 0. The molecule has 304 valence electrons. The predicted octanol–water partition coefficient (Wildman–Crippen LogP) is 6.73. The van der Waals surface area contributed by atoms with Gasteiger partial charge in [-0.05, 0) is 67.2 Å². The van der Waals surface area contributed by atoms with Crippen LogP contribution in [0.15, 0.2) is 48.5 Å². The molecule has 2 aromatic rings. The summed E-state index contributed by atoms with van der Waals surface area (Å²) in [6, 6.07) is 14.8. The standard InChI is InChI=1S/C44H66N4O7/c1-12-30(6)40(36(53-11)26-37(49)55-44(7,8)9)46(10)42(51)38(28(2)3)45-41(50)39(29(4)5)47-22-17-23-48(25-24-47)43(52)54-27-35-33-20-15-13-18-31(33)32-19-14-16-21-34(32)35/h13-16,18-21,28-30,35-36,38-40H,12,17,22-27H2,1-11H3,(H,45,50)/t30-,36?,38-,39-,40-/m0/s1. The molecule has 1 N–H and O–H groups in total. The Balaban J connectivity index is 1.41. The molecule has 0 saturated carbocycles. The fourth-order valence-corrected chi connectivity index (χ4v) is 8.22. The summed E-state index contributed by atoms with van der Waals surface area (Å²) in [5, 5.41) is 3.13. The van der Waals surface area contributed by atoms with Crippen molar-refractivity contribution in [2.75, 3.05) is 46.9 Å². The molecule has 11 heteroatoms. The van der Waals surface area contributed by atoms with Crippen LogP contribution >= 0.6 is 0 Å². The lowest BCUT2D eigenvalue weighted by atomic mass is 9.90. The molecule has 11 nitrogen and oxygen atoms in total. The highest BCUT2D eigenvalue weighted by molar-refractivity contribution is 5.90. The molecule has 1 aliphatic heterocycles. The lowest BCUT2D eigenvalue weighted by Gasteiger charge is -2.40. The maximum absolute atomic E-state index is 14.3. The van der Waals surface area contributed by atoms with Crippen LogP contribution in [0.1, 0.15) is 98.6 Å². The van der Waals surface area contributed by atoms with E-state index in [1.807, 2.05) is 86.6 Å². The number of hydrogen-bond acceptors (Lipinski definition) is 8. The molecule has 1 aliphatic carbocycles. The van der Waals surface area contributed by atoms with Crippen LogP contribution in [0.25, 0.3) is 11.1 Å². The molecule has 0 bridgehead atoms. The summed E-state index contributed by atoms with van der Waals surface area (Å²) in [7, 11) is 3.28. The number of methoxy groups -OCH3 is 1. The van der Waals surface area contributed by atoms with Crippen molar-refractivity contribution < 1.29 is 33.4 Å². The minimum atomic E-state index is -0.798. The van der Waals surface area contributed by atoms with Gasteiger partial charge in [-0.2, -0.15) is 0 Å². The minimum Gasteiger partial charge on any atom is -0.460 e. The number of rotatable bonds is 15. The molecular weight excluding hydrogens is 697 g/mol. The highest BCUT2D eigenvalue weighted by atomic mass is 16.6. The average molecular weight is 763 g/mol. The van der Waals surface area contributed by atoms with Crippen LogP contribution in [0, 0.1) is 17.8 Å². The van der Waals surface area contributed by atoms with E-state index in [1.54, 1.807) is 24.0 Å². The molecule has 1 saturated heterocycles.